The molecule has 0 atom stereocenters. The van der Waals surface area contributed by atoms with Gasteiger partial charge in [-0.3, -0.25) is 4.79 Å². The number of carbonyl (C=O) groups is 1. The van der Waals surface area contributed by atoms with Gasteiger partial charge in [0.25, 0.3) is 0 Å². The summed E-state index contributed by atoms with van der Waals surface area (Å²) in [5, 5.41) is 0. The average molecular weight is 202 g/mol. The quantitative estimate of drug-likeness (QED) is 0.744. The second kappa shape index (κ2) is 3.33. The third-order valence-electron chi connectivity index (χ3n) is 3.36. The summed E-state index contributed by atoms with van der Waals surface area (Å²) in [6.07, 6.45) is 5.25. The van der Waals surface area contributed by atoms with Crippen LogP contribution in [0.3, 0.4) is 0 Å². The predicted octanol–water partition coefficient (Wildman–Crippen LogP) is 2.08. The van der Waals surface area contributed by atoms with E-state index in [2.05, 4.69) is 9.98 Å². The lowest BCUT2D eigenvalue weighted by atomic mass is 10.1. The molecule has 1 aromatic heterocycles. The summed E-state index contributed by atoms with van der Waals surface area (Å²) in [4.78, 5) is 19.3. The van der Waals surface area contributed by atoms with Crippen LogP contribution in [0.25, 0.3) is 0 Å². The number of aromatic amines is 1. The lowest BCUT2D eigenvalue weighted by Crippen LogP contribution is -2.12. The molecule has 1 N–H and O–H groups in total. The number of rotatable bonds is 1. The van der Waals surface area contributed by atoms with Gasteiger partial charge in [-0.25, -0.2) is 4.99 Å². The standard InChI is InChI=1S/C12H14N2O/c15-12(8-3-1-2-4-8)14-11-7-9-5-6-10(11)13-9/h5-6,8,13H,1-4,7H2. The number of H-pyrrole nitrogens is 1. The number of fused-ring (bicyclic) bond motifs is 2. The van der Waals surface area contributed by atoms with Crippen molar-refractivity contribution in [3.8, 4) is 0 Å². The number of carbonyl (C=O) groups excluding carboxylic acids is 1. The van der Waals surface area contributed by atoms with Crippen molar-refractivity contribution < 1.29 is 4.79 Å². The first kappa shape index (κ1) is 8.89. The SMILES string of the molecule is O=C(N=C1Cc2ccc1[nH]2)C1CCCC1. The molecular formula is C12H14N2O. The number of aliphatic imine (C=N–C) groups is 1. The maximum absolute atomic E-state index is 11.8. The molecule has 3 nitrogen and oxygen atoms in total. The van der Waals surface area contributed by atoms with E-state index in [1.165, 1.54) is 18.5 Å². The number of hydrogen-bond acceptors (Lipinski definition) is 1. The molecule has 1 aliphatic carbocycles. The van der Waals surface area contributed by atoms with E-state index >= 15 is 0 Å². The molecular weight excluding hydrogens is 188 g/mol. The van der Waals surface area contributed by atoms with Crippen LogP contribution in [0.4, 0.5) is 0 Å². The van der Waals surface area contributed by atoms with E-state index in [1.54, 1.807) is 0 Å². The van der Waals surface area contributed by atoms with Gasteiger partial charge in [0.05, 0.1) is 11.4 Å². The van der Waals surface area contributed by atoms with Gasteiger partial charge in [-0.05, 0) is 25.0 Å². The van der Waals surface area contributed by atoms with E-state index in [4.69, 9.17) is 0 Å². The molecule has 3 heteroatoms. The van der Waals surface area contributed by atoms with Gasteiger partial charge in [0.2, 0.25) is 5.91 Å². The predicted molar refractivity (Wildman–Crippen MR) is 58.0 cm³/mol. The van der Waals surface area contributed by atoms with Crippen LogP contribution in [0.15, 0.2) is 17.1 Å². The van der Waals surface area contributed by atoms with Crippen LogP contribution in [0.2, 0.25) is 0 Å². The summed E-state index contributed by atoms with van der Waals surface area (Å²) in [5.74, 6) is 0.296. The van der Waals surface area contributed by atoms with Crippen LogP contribution < -0.4 is 0 Å². The molecule has 0 aromatic carbocycles. The maximum atomic E-state index is 11.8. The molecule has 1 amide bonds. The van der Waals surface area contributed by atoms with Crippen molar-refractivity contribution in [2.24, 2.45) is 10.9 Å². The minimum atomic E-state index is 0.0957. The molecule has 78 valence electrons. The topological polar surface area (TPSA) is 45.2 Å². The van der Waals surface area contributed by atoms with Gasteiger partial charge in [-0.2, -0.15) is 0 Å². The Bertz CT molecular complexity index is 425. The van der Waals surface area contributed by atoms with E-state index in [1.807, 2.05) is 12.1 Å². The summed E-state index contributed by atoms with van der Waals surface area (Å²) in [7, 11) is 0. The third-order valence-corrected chi connectivity index (χ3v) is 3.36. The van der Waals surface area contributed by atoms with Crippen molar-refractivity contribution in [2.75, 3.05) is 0 Å². The normalized spacial score (nSPS) is 22.8. The van der Waals surface area contributed by atoms with Gasteiger partial charge in [0.15, 0.2) is 0 Å². The Morgan fingerprint density at radius 3 is 2.73 bits per heavy atom. The zero-order valence-corrected chi connectivity index (χ0v) is 8.62. The summed E-state index contributed by atoms with van der Waals surface area (Å²) in [6, 6.07) is 4.05. The molecule has 0 unspecified atom stereocenters. The summed E-state index contributed by atoms with van der Waals surface area (Å²) in [5.41, 5.74) is 3.13. The lowest BCUT2D eigenvalue weighted by molar-refractivity contribution is -0.121. The van der Waals surface area contributed by atoms with Crippen molar-refractivity contribution in [3.63, 3.8) is 0 Å². The Morgan fingerprint density at radius 2 is 2.13 bits per heavy atom. The van der Waals surface area contributed by atoms with Gasteiger partial charge in [-0.1, -0.05) is 12.8 Å². The zero-order valence-electron chi connectivity index (χ0n) is 8.62. The number of amides is 1. The van der Waals surface area contributed by atoms with E-state index < -0.39 is 0 Å². The highest BCUT2D eigenvalue weighted by Gasteiger charge is 2.24. The van der Waals surface area contributed by atoms with Gasteiger partial charge in [-0.15, -0.1) is 0 Å². The molecule has 0 saturated heterocycles. The van der Waals surface area contributed by atoms with Crippen molar-refractivity contribution in [3.05, 3.63) is 23.5 Å². The van der Waals surface area contributed by atoms with Gasteiger partial charge in [0.1, 0.15) is 0 Å². The minimum Gasteiger partial charge on any atom is -0.357 e. The molecule has 1 aliphatic heterocycles. The molecule has 1 aromatic rings. The highest BCUT2D eigenvalue weighted by atomic mass is 16.1. The third kappa shape index (κ3) is 1.52. The van der Waals surface area contributed by atoms with E-state index in [0.29, 0.717) is 0 Å². The molecule has 1 fully saturated rings. The first-order chi connectivity index (χ1) is 7.33. The monoisotopic (exact) mass is 202 g/mol. The molecule has 2 aliphatic rings. The number of nitrogens with one attached hydrogen (secondary N) is 1. The Balaban J connectivity index is 1.77. The average Bonchev–Trinajstić information content (AvgIpc) is 2.95. The fourth-order valence-corrected chi connectivity index (χ4v) is 2.48. The minimum absolute atomic E-state index is 0.0957. The van der Waals surface area contributed by atoms with E-state index in [-0.39, 0.29) is 11.8 Å². The highest BCUT2D eigenvalue weighted by molar-refractivity contribution is 6.08. The Morgan fingerprint density at radius 1 is 1.33 bits per heavy atom. The first-order valence-electron chi connectivity index (χ1n) is 5.62. The highest BCUT2D eigenvalue weighted by Crippen LogP contribution is 2.26. The Hall–Kier alpha value is -1.38. The number of aromatic nitrogens is 1. The maximum Gasteiger partial charge on any atom is 0.249 e. The van der Waals surface area contributed by atoms with Crippen LogP contribution in [-0.2, 0) is 11.2 Å². The van der Waals surface area contributed by atoms with Crippen molar-refractivity contribution in [2.45, 2.75) is 32.1 Å². The molecule has 0 spiro atoms. The Kier molecular flexibility index (Phi) is 1.97. The summed E-state index contributed by atoms with van der Waals surface area (Å²) >= 11 is 0. The molecule has 2 heterocycles. The van der Waals surface area contributed by atoms with Crippen LogP contribution in [0.5, 0.6) is 0 Å². The fraction of sp³-hybridized carbons (Fsp3) is 0.500. The van der Waals surface area contributed by atoms with Crippen molar-refractivity contribution in [1.82, 2.24) is 4.98 Å². The summed E-state index contributed by atoms with van der Waals surface area (Å²) < 4.78 is 0. The second-order valence-corrected chi connectivity index (χ2v) is 4.45. The van der Waals surface area contributed by atoms with E-state index in [0.717, 1.165) is 30.7 Å². The first-order valence-corrected chi connectivity index (χ1v) is 5.62. The smallest absolute Gasteiger partial charge is 0.249 e. The second-order valence-electron chi connectivity index (χ2n) is 4.45. The molecule has 3 rings (SSSR count). The summed E-state index contributed by atoms with van der Waals surface area (Å²) in [6.45, 7) is 0. The van der Waals surface area contributed by atoms with Gasteiger partial charge >= 0.3 is 0 Å². The van der Waals surface area contributed by atoms with Crippen molar-refractivity contribution >= 4 is 11.6 Å². The molecule has 15 heavy (non-hydrogen) atoms. The molecule has 2 bridgehead atoms. The lowest BCUT2D eigenvalue weighted by Gasteiger charge is -2.04. The van der Waals surface area contributed by atoms with Crippen LogP contribution in [0.1, 0.15) is 37.1 Å². The van der Waals surface area contributed by atoms with Crippen LogP contribution in [-0.4, -0.2) is 16.6 Å². The van der Waals surface area contributed by atoms with Crippen LogP contribution in [0, 0.1) is 5.92 Å². The number of hydrogen-bond donors (Lipinski definition) is 1. The molecule has 0 radical (unpaired) electrons. The van der Waals surface area contributed by atoms with Crippen LogP contribution >= 0.6 is 0 Å². The largest absolute Gasteiger partial charge is 0.357 e. The van der Waals surface area contributed by atoms with E-state index in [9.17, 15) is 4.79 Å². The van der Waals surface area contributed by atoms with Crippen molar-refractivity contribution in [1.29, 1.82) is 0 Å². The van der Waals surface area contributed by atoms with Gasteiger partial charge < -0.3 is 4.98 Å². The van der Waals surface area contributed by atoms with Gasteiger partial charge in [0, 0.05) is 18.0 Å². The zero-order chi connectivity index (χ0) is 10.3. The number of nitrogens with zero attached hydrogens (tertiary/aromatic N) is 1. The molecule has 1 saturated carbocycles. The Labute approximate surface area is 88.6 Å². The fourth-order valence-electron chi connectivity index (χ4n) is 2.48.